The SMILES string of the molecule is O=S(=O)(NCCc1ccsc1)c1cnc[nH]1. The van der Waals surface area contributed by atoms with E-state index in [0.29, 0.717) is 13.0 Å². The summed E-state index contributed by atoms with van der Waals surface area (Å²) in [5, 5.41) is 4.07. The fraction of sp³-hybridized carbons (Fsp3) is 0.222. The number of hydrogen-bond donors (Lipinski definition) is 2. The Hall–Kier alpha value is -1.18. The van der Waals surface area contributed by atoms with Gasteiger partial charge in [0.15, 0.2) is 5.03 Å². The summed E-state index contributed by atoms with van der Waals surface area (Å²) in [6, 6.07) is 1.98. The molecular weight excluding hydrogens is 246 g/mol. The van der Waals surface area contributed by atoms with Crippen molar-refractivity contribution in [2.45, 2.75) is 11.4 Å². The van der Waals surface area contributed by atoms with Crippen molar-refractivity contribution in [2.24, 2.45) is 0 Å². The summed E-state index contributed by atoms with van der Waals surface area (Å²) in [4.78, 5) is 6.23. The van der Waals surface area contributed by atoms with Crippen molar-refractivity contribution in [1.82, 2.24) is 14.7 Å². The molecule has 2 heterocycles. The van der Waals surface area contributed by atoms with Gasteiger partial charge in [-0.2, -0.15) is 11.3 Å². The maximum atomic E-state index is 11.6. The van der Waals surface area contributed by atoms with Gasteiger partial charge in [0.1, 0.15) is 0 Å². The third kappa shape index (κ3) is 2.69. The Morgan fingerprint density at radius 1 is 1.50 bits per heavy atom. The summed E-state index contributed by atoms with van der Waals surface area (Å²) in [7, 11) is -3.43. The van der Waals surface area contributed by atoms with E-state index < -0.39 is 10.0 Å². The minimum Gasteiger partial charge on any atom is -0.335 e. The molecule has 0 amide bonds. The molecule has 2 aromatic heterocycles. The molecule has 0 spiro atoms. The van der Waals surface area contributed by atoms with Crippen LogP contribution in [-0.4, -0.2) is 24.9 Å². The highest BCUT2D eigenvalue weighted by Gasteiger charge is 2.14. The van der Waals surface area contributed by atoms with Crippen molar-refractivity contribution in [2.75, 3.05) is 6.54 Å². The molecule has 0 aliphatic heterocycles. The smallest absolute Gasteiger partial charge is 0.257 e. The van der Waals surface area contributed by atoms with Crippen LogP contribution in [0.15, 0.2) is 34.4 Å². The number of rotatable bonds is 5. The van der Waals surface area contributed by atoms with Gasteiger partial charge in [-0.15, -0.1) is 0 Å². The molecule has 5 nitrogen and oxygen atoms in total. The highest BCUT2D eigenvalue weighted by Crippen LogP contribution is 2.07. The van der Waals surface area contributed by atoms with Crippen LogP contribution >= 0.6 is 11.3 Å². The van der Waals surface area contributed by atoms with Crippen LogP contribution in [0.25, 0.3) is 0 Å². The second kappa shape index (κ2) is 4.77. The average Bonchev–Trinajstić information content (AvgIpc) is 2.90. The van der Waals surface area contributed by atoms with Crippen LogP contribution < -0.4 is 4.72 Å². The van der Waals surface area contributed by atoms with Crippen LogP contribution in [0.1, 0.15) is 5.56 Å². The topological polar surface area (TPSA) is 74.8 Å². The zero-order valence-corrected chi connectivity index (χ0v) is 10.0. The maximum absolute atomic E-state index is 11.6. The number of thiophene rings is 1. The molecule has 86 valence electrons. The summed E-state index contributed by atoms with van der Waals surface area (Å²) in [5.74, 6) is 0. The predicted octanol–water partition coefficient (Wildman–Crippen LogP) is 0.992. The summed E-state index contributed by atoms with van der Waals surface area (Å²) in [5.41, 5.74) is 1.14. The van der Waals surface area contributed by atoms with Crippen LogP contribution in [0.5, 0.6) is 0 Å². The Labute approximate surface area is 97.6 Å². The molecular formula is C9H11N3O2S2. The van der Waals surface area contributed by atoms with Crippen molar-refractivity contribution in [3.8, 4) is 0 Å². The molecule has 0 aromatic carbocycles. The lowest BCUT2D eigenvalue weighted by Gasteiger charge is -2.03. The Balaban J connectivity index is 1.91. The van der Waals surface area contributed by atoms with E-state index in [1.54, 1.807) is 11.3 Å². The lowest BCUT2D eigenvalue weighted by Crippen LogP contribution is -2.26. The van der Waals surface area contributed by atoms with Gasteiger partial charge in [-0.3, -0.25) is 0 Å². The first-order chi connectivity index (χ1) is 7.68. The van der Waals surface area contributed by atoms with Crippen molar-refractivity contribution in [3.05, 3.63) is 34.9 Å². The molecule has 2 aromatic rings. The van der Waals surface area contributed by atoms with Crippen LogP contribution in [0, 0.1) is 0 Å². The fourth-order valence-electron chi connectivity index (χ4n) is 1.23. The Morgan fingerprint density at radius 3 is 3.00 bits per heavy atom. The van der Waals surface area contributed by atoms with Gasteiger partial charge >= 0.3 is 0 Å². The molecule has 0 fully saturated rings. The monoisotopic (exact) mass is 257 g/mol. The Kier molecular flexibility index (Phi) is 3.37. The van der Waals surface area contributed by atoms with Crippen molar-refractivity contribution in [3.63, 3.8) is 0 Å². The standard InChI is InChI=1S/C9H11N3O2S2/c13-16(14,9-5-10-7-11-9)12-3-1-8-2-4-15-6-8/h2,4-7,12H,1,3H2,(H,10,11). The van der Waals surface area contributed by atoms with Crippen LogP contribution in [-0.2, 0) is 16.4 Å². The lowest BCUT2D eigenvalue weighted by molar-refractivity contribution is 0.578. The number of nitrogens with zero attached hydrogens (tertiary/aromatic N) is 1. The zero-order chi connectivity index (χ0) is 11.4. The van der Waals surface area contributed by atoms with Crippen molar-refractivity contribution < 1.29 is 8.42 Å². The van der Waals surface area contributed by atoms with Gasteiger partial charge in [0, 0.05) is 6.54 Å². The normalized spacial score (nSPS) is 11.8. The first-order valence-corrected chi connectivity index (χ1v) is 7.10. The van der Waals surface area contributed by atoms with Crippen LogP contribution in [0.4, 0.5) is 0 Å². The van der Waals surface area contributed by atoms with Crippen LogP contribution in [0.2, 0.25) is 0 Å². The van der Waals surface area contributed by atoms with Crippen molar-refractivity contribution >= 4 is 21.4 Å². The molecule has 2 N–H and O–H groups in total. The summed E-state index contributed by atoms with van der Waals surface area (Å²) in [6.45, 7) is 0.387. The molecule has 16 heavy (non-hydrogen) atoms. The van der Waals surface area contributed by atoms with Gasteiger partial charge in [0.2, 0.25) is 0 Å². The first-order valence-electron chi connectivity index (χ1n) is 4.67. The van der Waals surface area contributed by atoms with Gasteiger partial charge in [-0.1, -0.05) is 0 Å². The largest absolute Gasteiger partial charge is 0.335 e. The minimum atomic E-state index is -3.43. The molecule has 0 saturated heterocycles. The number of hydrogen-bond acceptors (Lipinski definition) is 4. The number of aromatic nitrogens is 2. The zero-order valence-electron chi connectivity index (χ0n) is 8.38. The van der Waals surface area contributed by atoms with E-state index in [2.05, 4.69) is 14.7 Å². The second-order valence-corrected chi connectivity index (χ2v) is 5.71. The molecule has 7 heteroatoms. The quantitative estimate of drug-likeness (QED) is 0.839. The maximum Gasteiger partial charge on any atom is 0.257 e. The minimum absolute atomic E-state index is 0.0952. The van der Waals surface area contributed by atoms with Crippen molar-refractivity contribution in [1.29, 1.82) is 0 Å². The molecule has 0 atom stereocenters. The van der Waals surface area contributed by atoms with E-state index in [1.807, 2.05) is 16.8 Å². The summed E-state index contributed by atoms with van der Waals surface area (Å²) >= 11 is 1.60. The van der Waals surface area contributed by atoms with E-state index in [0.717, 1.165) is 5.56 Å². The number of nitrogens with one attached hydrogen (secondary N) is 2. The van der Waals surface area contributed by atoms with E-state index in [4.69, 9.17) is 0 Å². The molecule has 0 unspecified atom stereocenters. The summed E-state index contributed by atoms with van der Waals surface area (Å²) in [6.07, 6.45) is 3.32. The van der Waals surface area contributed by atoms with E-state index in [9.17, 15) is 8.42 Å². The second-order valence-electron chi connectivity index (χ2n) is 3.20. The Bertz CT molecular complexity index is 517. The number of sulfonamides is 1. The Morgan fingerprint density at radius 2 is 2.38 bits per heavy atom. The van der Waals surface area contributed by atoms with E-state index >= 15 is 0 Å². The third-order valence-electron chi connectivity index (χ3n) is 2.05. The predicted molar refractivity (Wildman–Crippen MR) is 61.8 cm³/mol. The molecule has 0 bridgehead atoms. The molecule has 0 aliphatic carbocycles. The lowest BCUT2D eigenvalue weighted by atomic mass is 10.2. The van der Waals surface area contributed by atoms with Gasteiger partial charge in [0.05, 0.1) is 12.5 Å². The highest BCUT2D eigenvalue weighted by molar-refractivity contribution is 7.89. The van der Waals surface area contributed by atoms with Gasteiger partial charge in [-0.05, 0) is 28.8 Å². The highest BCUT2D eigenvalue weighted by atomic mass is 32.2. The van der Waals surface area contributed by atoms with E-state index in [1.165, 1.54) is 12.5 Å². The molecule has 2 rings (SSSR count). The number of aromatic amines is 1. The van der Waals surface area contributed by atoms with Gasteiger partial charge in [-0.25, -0.2) is 18.1 Å². The number of imidazole rings is 1. The van der Waals surface area contributed by atoms with Gasteiger partial charge in [0.25, 0.3) is 10.0 Å². The average molecular weight is 257 g/mol. The third-order valence-corrected chi connectivity index (χ3v) is 4.17. The molecule has 0 aliphatic rings. The van der Waals surface area contributed by atoms with E-state index in [-0.39, 0.29) is 5.03 Å². The molecule has 0 radical (unpaired) electrons. The fourth-order valence-corrected chi connectivity index (χ4v) is 2.87. The number of H-pyrrole nitrogens is 1. The summed E-state index contributed by atoms with van der Waals surface area (Å²) < 4.78 is 25.8. The first kappa shape index (κ1) is 11.3. The van der Waals surface area contributed by atoms with Gasteiger partial charge < -0.3 is 4.98 Å². The van der Waals surface area contributed by atoms with Crippen LogP contribution in [0.3, 0.4) is 0 Å². The molecule has 0 saturated carbocycles.